The second-order valence-electron chi connectivity index (χ2n) is 6.39. The molecule has 0 aliphatic heterocycles. The van der Waals surface area contributed by atoms with E-state index in [2.05, 4.69) is 30.4 Å². The highest BCUT2D eigenvalue weighted by atomic mass is 19.1. The molecule has 0 saturated carbocycles. The lowest BCUT2D eigenvalue weighted by Crippen LogP contribution is -2.48. The Morgan fingerprint density at radius 1 is 1.26 bits per heavy atom. The minimum absolute atomic E-state index is 0.0293. The molecule has 0 spiro atoms. The maximum Gasteiger partial charge on any atom is 0.407 e. The molecule has 0 aliphatic carbocycles. The van der Waals surface area contributed by atoms with E-state index in [-0.39, 0.29) is 25.1 Å². The first kappa shape index (κ1) is 22.4. The second kappa shape index (κ2) is 11.9. The number of benzene rings is 1. The molecule has 0 bridgehead atoms. The van der Waals surface area contributed by atoms with Gasteiger partial charge >= 0.3 is 6.09 Å². The first-order chi connectivity index (χ1) is 12.8. The highest BCUT2D eigenvalue weighted by molar-refractivity contribution is 5.86. The van der Waals surface area contributed by atoms with Gasteiger partial charge < -0.3 is 15.4 Å². The van der Waals surface area contributed by atoms with Gasteiger partial charge in [-0.3, -0.25) is 4.79 Å². The topological polar surface area (TPSA) is 67.4 Å². The number of rotatable bonds is 10. The average Bonchev–Trinajstić information content (AvgIpc) is 2.61. The van der Waals surface area contributed by atoms with Gasteiger partial charge in [-0.2, -0.15) is 0 Å². The van der Waals surface area contributed by atoms with Crippen LogP contribution >= 0.6 is 0 Å². The van der Waals surface area contributed by atoms with Crippen molar-refractivity contribution in [2.24, 2.45) is 5.92 Å². The lowest BCUT2D eigenvalue weighted by atomic mass is 10.0. The van der Waals surface area contributed by atoms with Crippen molar-refractivity contribution in [2.75, 3.05) is 13.2 Å². The Morgan fingerprint density at radius 2 is 1.93 bits per heavy atom. The summed E-state index contributed by atoms with van der Waals surface area (Å²) in [5.74, 6) is 0.706. The molecule has 1 unspecified atom stereocenters. The Bertz CT molecular complexity index is 653. The first-order valence-electron chi connectivity index (χ1n) is 8.95. The molecule has 0 aliphatic rings. The normalized spacial score (nSPS) is 12.6. The lowest BCUT2D eigenvalue weighted by molar-refractivity contribution is -0.122. The maximum atomic E-state index is 13.4. The molecule has 1 rings (SSSR count). The van der Waals surface area contributed by atoms with Gasteiger partial charge in [0.2, 0.25) is 5.91 Å². The van der Waals surface area contributed by atoms with Crippen LogP contribution in [0.15, 0.2) is 18.2 Å². The number of hydrogen-bond acceptors (Lipinski definition) is 3. The van der Waals surface area contributed by atoms with E-state index in [1.54, 1.807) is 0 Å². The van der Waals surface area contributed by atoms with Gasteiger partial charge in [-0.25, -0.2) is 13.6 Å². The first-order valence-corrected chi connectivity index (χ1v) is 8.95. The predicted octanol–water partition coefficient (Wildman–Crippen LogP) is 3.18. The Kier molecular flexibility index (Phi) is 9.88. The summed E-state index contributed by atoms with van der Waals surface area (Å²) in [6.07, 6.45) is 6.93. The van der Waals surface area contributed by atoms with Crippen molar-refractivity contribution >= 4 is 12.0 Å². The zero-order chi connectivity index (χ0) is 20.2. The molecule has 0 aromatic heterocycles. The minimum Gasteiger partial charge on any atom is -0.450 e. The molecule has 148 valence electrons. The standard InChI is InChI=1S/C20H26F2N2O3/c1-4-8-23-19(25)18(12-15-10-16(21)13-17(22)11-15)24-20(26)27-9-6-7-14(3)5-2/h1,10-11,13-14,18H,5-9,12H2,2-3H3,(H,23,25)(H,24,26)/t14?,18-/m0/s1. The van der Waals surface area contributed by atoms with Crippen LogP contribution in [0.2, 0.25) is 0 Å². The van der Waals surface area contributed by atoms with Crippen molar-refractivity contribution in [1.82, 2.24) is 10.6 Å². The van der Waals surface area contributed by atoms with Crippen LogP contribution in [-0.4, -0.2) is 31.2 Å². The number of halogens is 2. The van der Waals surface area contributed by atoms with Crippen LogP contribution in [0.3, 0.4) is 0 Å². The van der Waals surface area contributed by atoms with Gasteiger partial charge in [-0.1, -0.05) is 26.2 Å². The fourth-order valence-corrected chi connectivity index (χ4v) is 2.42. The van der Waals surface area contributed by atoms with Crippen LogP contribution in [0.1, 0.15) is 38.7 Å². The van der Waals surface area contributed by atoms with Crippen molar-refractivity contribution in [1.29, 1.82) is 0 Å². The summed E-state index contributed by atoms with van der Waals surface area (Å²) in [4.78, 5) is 24.2. The summed E-state index contributed by atoms with van der Waals surface area (Å²) in [7, 11) is 0. The molecule has 2 N–H and O–H groups in total. The molecule has 1 aromatic carbocycles. The molecular weight excluding hydrogens is 354 g/mol. The summed E-state index contributed by atoms with van der Waals surface area (Å²) >= 11 is 0. The van der Waals surface area contributed by atoms with Crippen LogP contribution < -0.4 is 10.6 Å². The molecule has 7 heteroatoms. The van der Waals surface area contributed by atoms with Crippen molar-refractivity contribution in [3.8, 4) is 12.3 Å². The van der Waals surface area contributed by atoms with E-state index in [0.717, 1.165) is 31.0 Å². The number of alkyl carbamates (subject to hydrolysis) is 1. The lowest BCUT2D eigenvalue weighted by Gasteiger charge is -2.18. The molecule has 0 radical (unpaired) electrons. The van der Waals surface area contributed by atoms with Crippen molar-refractivity contribution in [3.63, 3.8) is 0 Å². The number of terminal acetylenes is 1. The fourth-order valence-electron chi connectivity index (χ4n) is 2.42. The highest BCUT2D eigenvalue weighted by Gasteiger charge is 2.22. The third-order valence-electron chi connectivity index (χ3n) is 4.11. The summed E-state index contributed by atoms with van der Waals surface area (Å²) in [6, 6.07) is 1.87. The van der Waals surface area contributed by atoms with Crippen LogP contribution in [-0.2, 0) is 16.0 Å². The molecule has 2 amide bonds. The SMILES string of the molecule is C#CCNC(=O)[C@H](Cc1cc(F)cc(F)c1)NC(=O)OCCCC(C)CC. The third kappa shape index (κ3) is 9.04. The van der Waals surface area contributed by atoms with E-state index >= 15 is 0 Å². The number of carbonyl (C=O) groups is 2. The van der Waals surface area contributed by atoms with E-state index in [0.29, 0.717) is 12.3 Å². The summed E-state index contributed by atoms with van der Waals surface area (Å²) in [5.41, 5.74) is 0.227. The molecule has 0 saturated heterocycles. The average molecular weight is 380 g/mol. The number of amides is 2. The number of nitrogens with one attached hydrogen (secondary N) is 2. The Hall–Kier alpha value is -2.62. The van der Waals surface area contributed by atoms with E-state index in [9.17, 15) is 18.4 Å². The van der Waals surface area contributed by atoms with Crippen LogP contribution in [0.4, 0.5) is 13.6 Å². The van der Waals surface area contributed by atoms with Gasteiger partial charge in [0.1, 0.15) is 17.7 Å². The van der Waals surface area contributed by atoms with Gasteiger partial charge in [0.25, 0.3) is 0 Å². The van der Waals surface area contributed by atoms with E-state index in [1.165, 1.54) is 0 Å². The van der Waals surface area contributed by atoms with Crippen LogP contribution in [0, 0.1) is 29.9 Å². The van der Waals surface area contributed by atoms with Gasteiger partial charge in [-0.15, -0.1) is 6.42 Å². The number of ether oxygens (including phenoxy) is 1. The van der Waals surface area contributed by atoms with Gasteiger partial charge in [0.05, 0.1) is 13.2 Å². The Morgan fingerprint density at radius 3 is 2.52 bits per heavy atom. The van der Waals surface area contributed by atoms with E-state index < -0.39 is 29.7 Å². The quantitative estimate of drug-likeness (QED) is 0.484. The predicted molar refractivity (Wildman–Crippen MR) is 98.9 cm³/mol. The zero-order valence-corrected chi connectivity index (χ0v) is 15.7. The monoisotopic (exact) mass is 380 g/mol. The Balaban J connectivity index is 2.67. The fraction of sp³-hybridized carbons (Fsp3) is 0.500. The van der Waals surface area contributed by atoms with Crippen molar-refractivity contribution in [2.45, 2.75) is 45.6 Å². The van der Waals surface area contributed by atoms with E-state index in [4.69, 9.17) is 11.2 Å². The molecule has 0 fully saturated rings. The summed E-state index contributed by atoms with van der Waals surface area (Å²) in [5, 5.41) is 4.87. The van der Waals surface area contributed by atoms with Crippen molar-refractivity contribution < 1.29 is 23.1 Å². The van der Waals surface area contributed by atoms with Gasteiger partial charge in [0.15, 0.2) is 0 Å². The molecule has 27 heavy (non-hydrogen) atoms. The maximum absolute atomic E-state index is 13.4. The largest absolute Gasteiger partial charge is 0.450 e. The second-order valence-corrected chi connectivity index (χ2v) is 6.39. The van der Waals surface area contributed by atoms with Crippen LogP contribution in [0.5, 0.6) is 0 Å². The highest BCUT2D eigenvalue weighted by Crippen LogP contribution is 2.11. The smallest absolute Gasteiger partial charge is 0.407 e. The molecular formula is C20H26F2N2O3. The zero-order valence-electron chi connectivity index (χ0n) is 15.7. The van der Waals surface area contributed by atoms with Crippen LogP contribution in [0.25, 0.3) is 0 Å². The molecule has 1 aromatic rings. The third-order valence-corrected chi connectivity index (χ3v) is 4.11. The minimum atomic E-state index is -1.07. The number of carbonyl (C=O) groups excluding carboxylic acids is 2. The van der Waals surface area contributed by atoms with Gasteiger partial charge in [-0.05, 0) is 36.5 Å². The molecule has 5 nitrogen and oxygen atoms in total. The molecule has 2 atom stereocenters. The molecule has 0 heterocycles. The summed E-state index contributed by atoms with van der Waals surface area (Å²) < 4.78 is 31.8. The van der Waals surface area contributed by atoms with Crippen molar-refractivity contribution in [3.05, 3.63) is 35.4 Å². The van der Waals surface area contributed by atoms with Gasteiger partial charge in [0, 0.05) is 12.5 Å². The Labute approximate surface area is 158 Å². The summed E-state index contributed by atoms with van der Waals surface area (Å²) in [6.45, 7) is 4.40. The van der Waals surface area contributed by atoms with E-state index in [1.807, 2.05) is 0 Å². The number of hydrogen-bond donors (Lipinski definition) is 2.